The van der Waals surface area contributed by atoms with E-state index < -0.39 is 0 Å². The van der Waals surface area contributed by atoms with E-state index in [1.165, 1.54) is 0 Å². The summed E-state index contributed by atoms with van der Waals surface area (Å²) < 4.78 is 0. The lowest BCUT2D eigenvalue weighted by Crippen LogP contribution is -2.14. The number of benzene rings is 2. The molecular weight excluding hydrogens is 248 g/mol. The van der Waals surface area contributed by atoms with Crippen LogP contribution in [0.2, 0.25) is 0 Å². The zero-order valence-electron chi connectivity index (χ0n) is 12.1. The van der Waals surface area contributed by atoms with Crippen molar-refractivity contribution in [2.75, 3.05) is 12.4 Å². The molecule has 3 heteroatoms. The van der Waals surface area contributed by atoms with Crippen LogP contribution in [0.5, 0.6) is 0 Å². The fraction of sp³-hybridized carbons (Fsp3) is 0.235. The molecule has 0 aliphatic heterocycles. The highest BCUT2D eigenvalue weighted by molar-refractivity contribution is 6.04. The maximum absolute atomic E-state index is 12.1. The number of amides is 1. The average Bonchev–Trinajstić information content (AvgIpc) is 2.47. The third-order valence-electron chi connectivity index (χ3n) is 3.39. The lowest BCUT2D eigenvalue weighted by molar-refractivity contribution is 0.102. The second kappa shape index (κ2) is 6.35. The number of nitrogens with one attached hydrogen (secondary N) is 2. The summed E-state index contributed by atoms with van der Waals surface area (Å²) in [5.74, 6) is -0.0840. The molecule has 0 aromatic heterocycles. The van der Waals surface area contributed by atoms with Gasteiger partial charge in [-0.15, -0.1) is 0 Å². The van der Waals surface area contributed by atoms with E-state index in [2.05, 4.69) is 17.6 Å². The summed E-state index contributed by atoms with van der Waals surface area (Å²) in [5, 5.41) is 6.12. The quantitative estimate of drug-likeness (QED) is 0.890. The third kappa shape index (κ3) is 3.45. The first-order valence-electron chi connectivity index (χ1n) is 6.75. The molecule has 0 heterocycles. The first-order chi connectivity index (χ1) is 9.60. The Morgan fingerprint density at radius 3 is 2.45 bits per heavy atom. The molecule has 1 atom stereocenters. The summed E-state index contributed by atoms with van der Waals surface area (Å²) in [6.07, 6.45) is 0. The molecule has 2 aromatic rings. The minimum absolute atomic E-state index is 0.0840. The molecule has 2 N–H and O–H groups in total. The van der Waals surface area contributed by atoms with Crippen molar-refractivity contribution >= 4 is 11.6 Å². The molecule has 104 valence electrons. The Bertz CT molecular complexity index is 590. The largest absolute Gasteiger partial charge is 0.322 e. The van der Waals surface area contributed by atoms with E-state index in [4.69, 9.17) is 0 Å². The first-order valence-corrected chi connectivity index (χ1v) is 6.75. The van der Waals surface area contributed by atoms with E-state index in [0.29, 0.717) is 5.56 Å². The van der Waals surface area contributed by atoms with E-state index in [0.717, 1.165) is 16.8 Å². The van der Waals surface area contributed by atoms with Crippen LogP contribution in [0, 0.1) is 6.92 Å². The highest BCUT2D eigenvalue weighted by atomic mass is 16.1. The number of anilines is 1. The summed E-state index contributed by atoms with van der Waals surface area (Å²) in [6.45, 7) is 4.09. The van der Waals surface area contributed by atoms with Crippen LogP contribution in [-0.4, -0.2) is 13.0 Å². The molecule has 0 aliphatic carbocycles. The molecule has 0 fully saturated rings. The SMILES string of the molecule is CNC(C)c1cccc(NC(=O)c2ccc(C)cc2)c1. The Hall–Kier alpha value is -2.13. The smallest absolute Gasteiger partial charge is 0.255 e. The zero-order chi connectivity index (χ0) is 14.5. The van der Waals surface area contributed by atoms with E-state index in [-0.39, 0.29) is 11.9 Å². The molecule has 2 aromatic carbocycles. The highest BCUT2D eigenvalue weighted by Crippen LogP contribution is 2.17. The lowest BCUT2D eigenvalue weighted by atomic mass is 10.1. The van der Waals surface area contributed by atoms with Gasteiger partial charge in [0.25, 0.3) is 5.91 Å². The Balaban J connectivity index is 2.13. The Morgan fingerprint density at radius 2 is 1.80 bits per heavy atom. The fourth-order valence-corrected chi connectivity index (χ4v) is 1.96. The van der Waals surface area contributed by atoms with E-state index >= 15 is 0 Å². The fourth-order valence-electron chi connectivity index (χ4n) is 1.96. The van der Waals surface area contributed by atoms with Gasteiger partial charge in [0.05, 0.1) is 0 Å². The summed E-state index contributed by atoms with van der Waals surface area (Å²) in [7, 11) is 1.92. The van der Waals surface area contributed by atoms with Gasteiger partial charge in [-0.2, -0.15) is 0 Å². The van der Waals surface area contributed by atoms with Crippen LogP contribution < -0.4 is 10.6 Å². The molecule has 0 aliphatic rings. The second-order valence-electron chi connectivity index (χ2n) is 4.96. The molecule has 2 rings (SSSR count). The topological polar surface area (TPSA) is 41.1 Å². The van der Waals surface area contributed by atoms with Gasteiger partial charge in [0.15, 0.2) is 0 Å². The summed E-state index contributed by atoms with van der Waals surface area (Å²) >= 11 is 0. The Morgan fingerprint density at radius 1 is 1.10 bits per heavy atom. The van der Waals surface area contributed by atoms with Crippen molar-refractivity contribution in [3.63, 3.8) is 0 Å². The number of carbonyl (C=O) groups excluding carboxylic acids is 1. The van der Waals surface area contributed by atoms with Gasteiger partial charge >= 0.3 is 0 Å². The van der Waals surface area contributed by atoms with E-state index in [1.807, 2.05) is 62.5 Å². The van der Waals surface area contributed by atoms with Crippen molar-refractivity contribution in [3.05, 3.63) is 65.2 Å². The zero-order valence-corrected chi connectivity index (χ0v) is 12.1. The van der Waals surface area contributed by atoms with Crippen LogP contribution in [0.15, 0.2) is 48.5 Å². The third-order valence-corrected chi connectivity index (χ3v) is 3.39. The van der Waals surface area contributed by atoms with Crippen molar-refractivity contribution in [3.8, 4) is 0 Å². The number of carbonyl (C=O) groups is 1. The second-order valence-corrected chi connectivity index (χ2v) is 4.96. The van der Waals surface area contributed by atoms with Crippen LogP contribution in [0.25, 0.3) is 0 Å². The van der Waals surface area contributed by atoms with Crippen molar-refractivity contribution in [1.82, 2.24) is 5.32 Å². The lowest BCUT2D eigenvalue weighted by Gasteiger charge is -2.12. The van der Waals surface area contributed by atoms with Crippen molar-refractivity contribution in [2.24, 2.45) is 0 Å². The van der Waals surface area contributed by atoms with Crippen LogP contribution in [0.1, 0.15) is 34.5 Å². The van der Waals surface area contributed by atoms with E-state index in [1.54, 1.807) is 0 Å². The Kier molecular flexibility index (Phi) is 4.53. The van der Waals surface area contributed by atoms with Gasteiger partial charge in [0.2, 0.25) is 0 Å². The van der Waals surface area contributed by atoms with Gasteiger partial charge in [-0.3, -0.25) is 4.79 Å². The molecule has 3 nitrogen and oxygen atoms in total. The normalized spacial score (nSPS) is 11.9. The molecule has 1 amide bonds. The van der Waals surface area contributed by atoms with Gasteiger partial charge in [-0.1, -0.05) is 29.8 Å². The minimum Gasteiger partial charge on any atom is -0.322 e. The van der Waals surface area contributed by atoms with Crippen molar-refractivity contribution < 1.29 is 4.79 Å². The van der Waals surface area contributed by atoms with Gasteiger partial charge in [-0.25, -0.2) is 0 Å². The van der Waals surface area contributed by atoms with Gasteiger partial charge in [0.1, 0.15) is 0 Å². The number of hydrogen-bond acceptors (Lipinski definition) is 2. The van der Waals surface area contributed by atoms with Crippen LogP contribution in [0.4, 0.5) is 5.69 Å². The molecule has 20 heavy (non-hydrogen) atoms. The predicted octanol–water partition coefficient (Wildman–Crippen LogP) is 3.53. The number of rotatable bonds is 4. The Labute approximate surface area is 120 Å². The summed E-state index contributed by atoms with van der Waals surface area (Å²) in [5.41, 5.74) is 3.78. The van der Waals surface area contributed by atoms with Crippen molar-refractivity contribution in [2.45, 2.75) is 19.9 Å². The number of aryl methyl sites for hydroxylation is 1. The van der Waals surface area contributed by atoms with Crippen LogP contribution >= 0.6 is 0 Å². The highest BCUT2D eigenvalue weighted by Gasteiger charge is 2.07. The first kappa shape index (κ1) is 14.3. The maximum Gasteiger partial charge on any atom is 0.255 e. The van der Waals surface area contributed by atoms with E-state index in [9.17, 15) is 4.79 Å². The van der Waals surface area contributed by atoms with Crippen LogP contribution in [-0.2, 0) is 0 Å². The van der Waals surface area contributed by atoms with Crippen LogP contribution in [0.3, 0.4) is 0 Å². The van der Waals surface area contributed by atoms with Gasteiger partial charge in [0, 0.05) is 17.3 Å². The molecule has 0 saturated carbocycles. The predicted molar refractivity (Wildman–Crippen MR) is 83.0 cm³/mol. The number of hydrogen-bond donors (Lipinski definition) is 2. The molecule has 0 bridgehead atoms. The minimum atomic E-state index is -0.0840. The maximum atomic E-state index is 12.1. The molecular formula is C17H20N2O. The monoisotopic (exact) mass is 268 g/mol. The molecule has 0 spiro atoms. The van der Waals surface area contributed by atoms with Gasteiger partial charge in [-0.05, 0) is 50.7 Å². The standard InChI is InChI=1S/C17H20N2O/c1-12-7-9-14(10-8-12)17(20)19-16-6-4-5-15(11-16)13(2)18-3/h4-11,13,18H,1-3H3,(H,19,20). The molecule has 1 unspecified atom stereocenters. The van der Waals surface area contributed by atoms with Gasteiger partial charge < -0.3 is 10.6 Å². The summed E-state index contributed by atoms with van der Waals surface area (Å²) in [6, 6.07) is 15.7. The van der Waals surface area contributed by atoms with Crippen molar-refractivity contribution in [1.29, 1.82) is 0 Å². The summed E-state index contributed by atoms with van der Waals surface area (Å²) in [4.78, 5) is 12.1. The average molecular weight is 268 g/mol. The molecule has 0 saturated heterocycles. The molecule has 0 radical (unpaired) electrons.